The first-order valence-electron chi connectivity index (χ1n) is 10.2. The Bertz CT molecular complexity index is 965. The van der Waals surface area contributed by atoms with Crippen LogP contribution in [0.5, 0.6) is 0 Å². The quantitative estimate of drug-likeness (QED) is 0.792. The summed E-state index contributed by atoms with van der Waals surface area (Å²) in [5, 5.41) is 3.48. The molecule has 0 bridgehead atoms. The number of fused-ring (bicyclic) bond motifs is 1. The lowest BCUT2D eigenvalue weighted by Crippen LogP contribution is -2.42. The molecular formula is C21H27N3O3S2. The molecule has 8 heteroatoms. The highest BCUT2D eigenvalue weighted by atomic mass is 32.2. The number of piperidine rings is 1. The summed E-state index contributed by atoms with van der Waals surface area (Å²) in [6, 6.07) is 6.21. The van der Waals surface area contributed by atoms with Crippen molar-refractivity contribution in [3.63, 3.8) is 0 Å². The summed E-state index contributed by atoms with van der Waals surface area (Å²) >= 11 is 1.54. The predicted octanol–water partition coefficient (Wildman–Crippen LogP) is 3.94. The molecule has 156 valence electrons. The second-order valence-corrected chi connectivity index (χ2v) is 11.4. The van der Waals surface area contributed by atoms with Gasteiger partial charge in [-0.05, 0) is 68.2 Å². The van der Waals surface area contributed by atoms with Crippen molar-refractivity contribution in [2.45, 2.75) is 50.8 Å². The summed E-state index contributed by atoms with van der Waals surface area (Å²) < 4.78 is 27.5. The normalized spacial score (nSPS) is 22.8. The number of nitrogens with zero attached hydrogens (tertiary/aromatic N) is 2. The number of nitrogens with one attached hydrogen (secondary N) is 1. The number of carbonyl (C=O) groups excluding carboxylic acids is 1. The van der Waals surface area contributed by atoms with Gasteiger partial charge in [-0.1, -0.05) is 13.8 Å². The number of sulfonamides is 1. The van der Waals surface area contributed by atoms with Crippen LogP contribution in [-0.2, 0) is 22.9 Å². The zero-order chi connectivity index (χ0) is 20.6. The van der Waals surface area contributed by atoms with Gasteiger partial charge in [0, 0.05) is 23.5 Å². The summed E-state index contributed by atoms with van der Waals surface area (Å²) in [5.41, 5.74) is 1.53. The molecule has 0 saturated carbocycles. The maximum atomic E-state index is 13.0. The van der Waals surface area contributed by atoms with Crippen molar-refractivity contribution in [3.8, 4) is 0 Å². The first kappa shape index (κ1) is 20.5. The predicted molar refractivity (Wildman–Crippen MR) is 115 cm³/mol. The van der Waals surface area contributed by atoms with Crippen molar-refractivity contribution in [2.24, 2.45) is 11.8 Å². The molecule has 1 fully saturated rings. The Balaban J connectivity index is 1.47. The molecule has 1 amide bonds. The minimum absolute atomic E-state index is 0.236. The topological polar surface area (TPSA) is 79.4 Å². The van der Waals surface area contributed by atoms with Gasteiger partial charge in [-0.25, -0.2) is 13.4 Å². The molecule has 1 aliphatic heterocycles. The zero-order valence-electron chi connectivity index (χ0n) is 16.8. The Kier molecular flexibility index (Phi) is 5.77. The number of benzene rings is 1. The molecule has 1 saturated heterocycles. The smallest absolute Gasteiger partial charge is 0.257 e. The van der Waals surface area contributed by atoms with Gasteiger partial charge < -0.3 is 0 Å². The molecule has 0 spiro atoms. The molecule has 0 radical (unpaired) electrons. The molecule has 1 aromatic heterocycles. The SMILES string of the molecule is CC1CC(C)CN(S(=O)(=O)c2ccc(C(=O)Nc3nc4c(s3)CCCC4)cc2)C1. The number of hydrogen-bond donors (Lipinski definition) is 1. The summed E-state index contributed by atoms with van der Waals surface area (Å²) in [5.74, 6) is 0.436. The molecule has 2 aromatic rings. The third kappa shape index (κ3) is 4.39. The van der Waals surface area contributed by atoms with E-state index in [4.69, 9.17) is 0 Å². The highest BCUT2D eigenvalue weighted by Crippen LogP contribution is 2.30. The first-order valence-corrected chi connectivity index (χ1v) is 12.5. The average molecular weight is 434 g/mol. The summed E-state index contributed by atoms with van der Waals surface area (Å²) in [6.45, 7) is 5.26. The van der Waals surface area contributed by atoms with Crippen LogP contribution >= 0.6 is 11.3 Å². The van der Waals surface area contributed by atoms with Gasteiger partial charge in [-0.3, -0.25) is 10.1 Å². The summed E-state index contributed by atoms with van der Waals surface area (Å²) in [6.07, 6.45) is 5.37. The van der Waals surface area contributed by atoms with E-state index >= 15 is 0 Å². The second kappa shape index (κ2) is 8.16. The summed E-state index contributed by atoms with van der Waals surface area (Å²) in [7, 11) is -3.54. The third-order valence-corrected chi connectivity index (χ3v) is 8.57. The van der Waals surface area contributed by atoms with E-state index in [9.17, 15) is 13.2 Å². The van der Waals surface area contributed by atoms with Crippen molar-refractivity contribution in [2.75, 3.05) is 18.4 Å². The molecule has 1 aromatic carbocycles. The van der Waals surface area contributed by atoms with E-state index in [2.05, 4.69) is 24.1 Å². The van der Waals surface area contributed by atoms with Crippen molar-refractivity contribution in [1.29, 1.82) is 0 Å². The maximum Gasteiger partial charge on any atom is 0.257 e. The number of carbonyl (C=O) groups is 1. The lowest BCUT2D eigenvalue weighted by molar-refractivity contribution is 0.102. The van der Waals surface area contributed by atoms with E-state index in [1.807, 2.05) is 0 Å². The highest BCUT2D eigenvalue weighted by Gasteiger charge is 2.31. The average Bonchev–Trinajstić information content (AvgIpc) is 3.09. The number of hydrogen-bond acceptors (Lipinski definition) is 5. The van der Waals surface area contributed by atoms with Gasteiger partial charge in [0.05, 0.1) is 10.6 Å². The Hall–Kier alpha value is -1.77. The van der Waals surface area contributed by atoms with E-state index in [1.165, 1.54) is 34.8 Å². The molecule has 4 rings (SSSR count). The Morgan fingerprint density at radius 3 is 2.41 bits per heavy atom. The van der Waals surface area contributed by atoms with Crippen LogP contribution in [0.3, 0.4) is 0 Å². The standard InChI is InChI=1S/C21H27N3O3S2/c1-14-11-15(2)13-24(12-14)29(26,27)17-9-7-16(8-10-17)20(25)23-21-22-18-5-3-4-6-19(18)28-21/h7-10,14-15H,3-6,11-13H2,1-2H3,(H,22,23,25). The lowest BCUT2D eigenvalue weighted by Gasteiger charge is -2.34. The molecule has 1 N–H and O–H groups in total. The first-order chi connectivity index (χ1) is 13.8. The zero-order valence-corrected chi connectivity index (χ0v) is 18.5. The number of anilines is 1. The van der Waals surface area contributed by atoms with Crippen LogP contribution in [0.2, 0.25) is 0 Å². The fourth-order valence-electron chi connectivity index (χ4n) is 4.30. The van der Waals surface area contributed by atoms with Gasteiger partial charge in [0.1, 0.15) is 0 Å². The number of rotatable bonds is 4. The second-order valence-electron chi connectivity index (χ2n) is 8.34. The molecule has 1 aliphatic carbocycles. The molecule has 2 heterocycles. The highest BCUT2D eigenvalue weighted by molar-refractivity contribution is 7.89. The monoisotopic (exact) mass is 433 g/mol. The summed E-state index contributed by atoms with van der Waals surface area (Å²) in [4.78, 5) is 18.6. The Morgan fingerprint density at radius 2 is 1.76 bits per heavy atom. The number of aromatic nitrogens is 1. The van der Waals surface area contributed by atoms with Crippen molar-refractivity contribution in [3.05, 3.63) is 40.4 Å². The van der Waals surface area contributed by atoms with E-state index in [-0.39, 0.29) is 10.8 Å². The Labute approximate surface area is 176 Å². The van der Waals surface area contributed by atoms with Crippen LogP contribution in [0.25, 0.3) is 0 Å². The van der Waals surface area contributed by atoms with Crippen molar-refractivity contribution < 1.29 is 13.2 Å². The molecular weight excluding hydrogens is 406 g/mol. The molecule has 2 aliphatic rings. The largest absolute Gasteiger partial charge is 0.298 e. The minimum atomic E-state index is -3.54. The molecule has 29 heavy (non-hydrogen) atoms. The minimum Gasteiger partial charge on any atom is -0.298 e. The van der Waals surface area contributed by atoms with Crippen molar-refractivity contribution in [1.82, 2.24) is 9.29 Å². The number of aryl methyl sites for hydroxylation is 2. The van der Waals surface area contributed by atoms with E-state index in [1.54, 1.807) is 16.4 Å². The lowest BCUT2D eigenvalue weighted by atomic mass is 9.94. The van der Waals surface area contributed by atoms with Gasteiger partial charge in [0.15, 0.2) is 5.13 Å². The van der Waals surface area contributed by atoms with Crippen molar-refractivity contribution >= 4 is 32.4 Å². The Morgan fingerprint density at radius 1 is 1.10 bits per heavy atom. The van der Waals surface area contributed by atoms with Gasteiger partial charge in [0.25, 0.3) is 5.91 Å². The van der Waals surface area contributed by atoms with Crippen LogP contribution in [-0.4, -0.2) is 36.7 Å². The fourth-order valence-corrected chi connectivity index (χ4v) is 7.03. The van der Waals surface area contributed by atoms with Gasteiger partial charge in [0.2, 0.25) is 10.0 Å². The fraction of sp³-hybridized carbons (Fsp3) is 0.524. The van der Waals surface area contributed by atoms with Crippen LogP contribution in [0.1, 0.15) is 54.0 Å². The van der Waals surface area contributed by atoms with Crippen LogP contribution in [0.4, 0.5) is 5.13 Å². The van der Waals surface area contributed by atoms with Gasteiger partial charge in [-0.15, -0.1) is 11.3 Å². The van der Waals surface area contributed by atoms with E-state index in [0.29, 0.717) is 35.6 Å². The number of amides is 1. The maximum absolute atomic E-state index is 13.0. The molecule has 6 nitrogen and oxygen atoms in total. The third-order valence-electron chi connectivity index (χ3n) is 5.66. The molecule has 2 unspecified atom stereocenters. The van der Waals surface area contributed by atoms with Crippen LogP contribution < -0.4 is 5.32 Å². The molecule has 2 atom stereocenters. The van der Waals surface area contributed by atoms with Crippen LogP contribution in [0, 0.1) is 11.8 Å². The van der Waals surface area contributed by atoms with Crippen LogP contribution in [0.15, 0.2) is 29.2 Å². The van der Waals surface area contributed by atoms with Gasteiger partial charge >= 0.3 is 0 Å². The van der Waals surface area contributed by atoms with Gasteiger partial charge in [-0.2, -0.15) is 4.31 Å². The van der Waals surface area contributed by atoms with E-state index < -0.39 is 10.0 Å². The number of thiazole rings is 1. The van der Waals surface area contributed by atoms with E-state index in [0.717, 1.165) is 31.4 Å².